The number of rotatable bonds is 9. The number of anilines is 1. The van der Waals surface area contributed by atoms with Crippen LogP contribution in [0, 0.1) is 12.8 Å². The zero-order valence-corrected chi connectivity index (χ0v) is 19.7. The molecule has 0 saturated carbocycles. The van der Waals surface area contributed by atoms with E-state index in [0.717, 1.165) is 39.1 Å². The van der Waals surface area contributed by atoms with E-state index in [1.807, 2.05) is 18.2 Å². The van der Waals surface area contributed by atoms with Crippen molar-refractivity contribution in [3.8, 4) is 11.5 Å². The highest BCUT2D eigenvalue weighted by Gasteiger charge is 2.27. The van der Waals surface area contributed by atoms with E-state index in [1.54, 1.807) is 20.1 Å². The lowest BCUT2D eigenvalue weighted by Gasteiger charge is -2.34. The van der Waals surface area contributed by atoms with Crippen molar-refractivity contribution < 1.29 is 39.0 Å². The molecule has 1 aliphatic rings. The maximum absolute atomic E-state index is 12.0. The van der Waals surface area contributed by atoms with Gasteiger partial charge in [0.05, 0.1) is 17.9 Å². The Labute approximate surface area is 202 Å². The first kappa shape index (κ1) is 27.5. The van der Waals surface area contributed by atoms with Crippen LogP contribution in [0.5, 0.6) is 0 Å². The number of likely N-dealkylation sites (tertiary alicyclic amines) is 1. The molecule has 1 aromatic heterocycles. The molecule has 1 amide bonds. The maximum Gasteiger partial charge on any atom is 0.411 e. The van der Waals surface area contributed by atoms with Gasteiger partial charge in [0.2, 0.25) is 0 Å². The van der Waals surface area contributed by atoms with Gasteiger partial charge in [-0.15, -0.1) is 0 Å². The lowest BCUT2D eigenvalue weighted by molar-refractivity contribution is -0.134. The lowest BCUT2D eigenvalue weighted by atomic mass is 9.95. The van der Waals surface area contributed by atoms with E-state index in [4.69, 9.17) is 19.5 Å². The Balaban J connectivity index is 0.000000466. The second kappa shape index (κ2) is 13.8. The summed E-state index contributed by atoms with van der Waals surface area (Å²) in [6, 6.07) is 7.26. The SMILES string of the molecule is COCCN1CCC(CN(C(=O)O)c2ccccc2-c2nc(C)no2)CC1.O=C(O)/C=C\C(=O)O. The first-order valence-electron chi connectivity index (χ1n) is 11.0. The van der Waals surface area contributed by atoms with Crippen molar-refractivity contribution in [3.63, 3.8) is 0 Å². The van der Waals surface area contributed by atoms with Gasteiger partial charge in [-0.2, -0.15) is 4.98 Å². The quantitative estimate of drug-likeness (QED) is 0.442. The molecule has 0 aliphatic carbocycles. The molecule has 12 heteroatoms. The normalized spacial score (nSPS) is 14.3. The van der Waals surface area contributed by atoms with Crippen LogP contribution < -0.4 is 4.90 Å². The van der Waals surface area contributed by atoms with E-state index < -0.39 is 18.0 Å². The number of nitrogens with zero attached hydrogens (tertiary/aromatic N) is 4. The summed E-state index contributed by atoms with van der Waals surface area (Å²) in [6.07, 6.45) is 2.08. The van der Waals surface area contributed by atoms with Gasteiger partial charge in [-0.3, -0.25) is 4.90 Å². The number of carbonyl (C=O) groups is 3. The van der Waals surface area contributed by atoms with Crippen molar-refractivity contribution in [1.82, 2.24) is 15.0 Å². The number of benzene rings is 1. The first-order valence-corrected chi connectivity index (χ1v) is 11.0. The minimum absolute atomic E-state index is 0.317. The third-order valence-corrected chi connectivity index (χ3v) is 5.31. The molecular weight excluding hydrogens is 460 g/mol. The van der Waals surface area contributed by atoms with E-state index >= 15 is 0 Å². The number of para-hydroxylation sites is 1. The van der Waals surface area contributed by atoms with Gasteiger partial charge in [-0.25, -0.2) is 14.4 Å². The third-order valence-electron chi connectivity index (χ3n) is 5.31. The lowest BCUT2D eigenvalue weighted by Crippen LogP contribution is -2.41. The van der Waals surface area contributed by atoms with Crippen molar-refractivity contribution in [2.75, 3.05) is 44.8 Å². The standard InChI is InChI=1S/C19H26N4O4.C4H4O4/c1-14-20-18(27-21-14)16-5-3-4-6-17(16)23(19(24)25)13-15-7-9-22(10-8-15)11-12-26-2;5-3(6)1-2-4(7)8/h3-6,15H,7-13H2,1-2H3,(H,24,25);1-2H,(H,5,6)(H,7,8)/b;2-1-. The minimum Gasteiger partial charge on any atom is -0.478 e. The number of carboxylic acid groups (broad SMARTS) is 3. The topological polar surface area (TPSA) is 167 Å². The molecule has 1 fully saturated rings. The third kappa shape index (κ3) is 9.18. The summed E-state index contributed by atoms with van der Waals surface area (Å²) in [5.41, 5.74) is 1.22. The Kier molecular flexibility index (Phi) is 10.8. The fourth-order valence-electron chi connectivity index (χ4n) is 3.59. The fourth-order valence-corrected chi connectivity index (χ4v) is 3.59. The van der Waals surface area contributed by atoms with Gasteiger partial charge in [-0.1, -0.05) is 17.3 Å². The molecule has 190 valence electrons. The molecule has 2 aromatic rings. The van der Waals surface area contributed by atoms with Crippen LogP contribution in [0.25, 0.3) is 11.5 Å². The highest BCUT2D eigenvalue weighted by atomic mass is 16.5. The maximum atomic E-state index is 12.0. The number of amides is 1. The van der Waals surface area contributed by atoms with E-state index in [9.17, 15) is 19.5 Å². The Morgan fingerprint density at radius 3 is 2.29 bits per heavy atom. The van der Waals surface area contributed by atoms with E-state index in [2.05, 4.69) is 15.0 Å². The average molecular weight is 491 g/mol. The summed E-state index contributed by atoms with van der Waals surface area (Å²) in [4.78, 5) is 39.1. The predicted molar refractivity (Wildman–Crippen MR) is 125 cm³/mol. The Hall–Kier alpha value is -3.77. The first-order chi connectivity index (χ1) is 16.7. The largest absolute Gasteiger partial charge is 0.478 e. The van der Waals surface area contributed by atoms with Crippen LogP contribution in [0.4, 0.5) is 10.5 Å². The summed E-state index contributed by atoms with van der Waals surface area (Å²) in [7, 11) is 1.71. The number of carboxylic acids is 2. The molecular formula is C23H30N4O8. The number of hydrogen-bond acceptors (Lipinski definition) is 8. The molecule has 1 saturated heterocycles. The fraction of sp³-hybridized carbons (Fsp3) is 0.435. The molecule has 12 nitrogen and oxygen atoms in total. The van der Waals surface area contributed by atoms with Crippen LogP contribution >= 0.6 is 0 Å². The molecule has 2 heterocycles. The highest BCUT2D eigenvalue weighted by Crippen LogP contribution is 2.31. The minimum atomic E-state index is -1.26. The van der Waals surface area contributed by atoms with E-state index in [-0.39, 0.29) is 0 Å². The summed E-state index contributed by atoms with van der Waals surface area (Å²) in [5.74, 6) is -1.34. The van der Waals surface area contributed by atoms with Crippen molar-refractivity contribution in [2.24, 2.45) is 5.92 Å². The van der Waals surface area contributed by atoms with Crippen molar-refractivity contribution >= 4 is 23.7 Å². The number of piperidine rings is 1. The van der Waals surface area contributed by atoms with Gasteiger partial charge < -0.3 is 29.5 Å². The van der Waals surface area contributed by atoms with Gasteiger partial charge in [-0.05, 0) is 50.9 Å². The molecule has 3 N–H and O–H groups in total. The zero-order chi connectivity index (χ0) is 25.8. The average Bonchev–Trinajstić information content (AvgIpc) is 3.27. The van der Waals surface area contributed by atoms with Gasteiger partial charge in [0.15, 0.2) is 5.82 Å². The monoisotopic (exact) mass is 490 g/mol. The number of ether oxygens (including phenoxy) is 1. The number of aromatic nitrogens is 2. The molecule has 3 rings (SSSR count). The molecule has 0 bridgehead atoms. The van der Waals surface area contributed by atoms with Crippen LogP contribution in [0.15, 0.2) is 40.9 Å². The summed E-state index contributed by atoms with van der Waals surface area (Å²) in [5, 5.41) is 29.3. The van der Waals surface area contributed by atoms with Crippen molar-refractivity contribution in [2.45, 2.75) is 19.8 Å². The van der Waals surface area contributed by atoms with E-state index in [0.29, 0.717) is 47.6 Å². The Morgan fingerprint density at radius 1 is 1.14 bits per heavy atom. The van der Waals surface area contributed by atoms with Gasteiger partial charge in [0.1, 0.15) is 0 Å². The summed E-state index contributed by atoms with van der Waals surface area (Å²) < 4.78 is 10.4. The summed E-state index contributed by atoms with van der Waals surface area (Å²) in [6.45, 7) is 5.77. The number of aliphatic carboxylic acids is 2. The molecule has 1 aliphatic heterocycles. The molecule has 0 spiro atoms. The second-order valence-corrected chi connectivity index (χ2v) is 7.84. The Morgan fingerprint density at radius 2 is 1.77 bits per heavy atom. The molecule has 0 unspecified atom stereocenters. The van der Waals surface area contributed by atoms with Crippen LogP contribution in [-0.4, -0.2) is 88.3 Å². The van der Waals surface area contributed by atoms with Crippen LogP contribution in [0.3, 0.4) is 0 Å². The van der Waals surface area contributed by atoms with Crippen LogP contribution in [0.2, 0.25) is 0 Å². The molecule has 1 aromatic carbocycles. The molecule has 0 atom stereocenters. The van der Waals surface area contributed by atoms with Crippen LogP contribution in [0.1, 0.15) is 18.7 Å². The number of aryl methyl sites for hydroxylation is 1. The Bertz CT molecular complexity index is 998. The smallest absolute Gasteiger partial charge is 0.411 e. The predicted octanol–water partition coefficient (Wildman–Crippen LogP) is 2.60. The van der Waals surface area contributed by atoms with Crippen molar-refractivity contribution in [3.05, 3.63) is 42.2 Å². The number of hydrogen-bond donors (Lipinski definition) is 3. The molecule has 0 radical (unpaired) electrons. The zero-order valence-electron chi connectivity index (χ0n) is 19.7. The van der Waals surface area contributed by atoms with E-state index in [1.165, 1.54) is 4.90 Å². The molecule has 35 heavy (non-hydrogen) atoms. The van der Waals surface area contributed by atoms with Gasteiger partial charge in [0.25, 0.3) is 5.89 Å². The highest BCUT2D eigenvalue weighted by molar-refractivity contribution is 5.91. The van der Waals surface area contributed by atoms with Crippen molar-refractivity contribution in [1.29, 1.82) is 0 Å². The number of methoxy groups -OCH3 is 1. The van der Waals surface area contributed by atoms with Gasteiger partial charge in [0, 0.05) is 32.4 Å². The van der Waals surface area contributed by atoms with Gasteiger partial charge >= 0.3 is 18.0 Å². The van der Waals surface area contributed by atoms with Crippen LogP contribution in [-0.2, 0) is 14.3 Å². The second-order valence-electron chi connectivity index (χ2n) is 7.84. The summed E-state index contributed by atoms with van der Waals surface area (Å²) >= 11 is 0.